The molecule has 0 bridgehead atoms. The average Bonchev–Trinajstić information content (AvgIpc) is 2.88. The fraction of sp³-hybridized carbons (Fsp3) is 0.222. The lowest BCUT2D eigenvalue weighted by Gasteiger charge is -2.18. The third kappa shape index (κ3) is 3.58. The lowest BCUT2D eigenvalue weighted by Crippen LogP contribution is -2.41. The van der Waals surface area contributed by atoms with Crippen molar-refractivity contribution in [1.29, 1.82) is 0 Å². The normalized spacial score (nSPS) is 18.8. The van der Waals surface area contributed by atoms with Gasteiger partial charge in [-0.1, -0.05) is 41.9 Å². The summed E-state index contributed by atoms with van der Waals surface area (Å²) in [6.07, 6.45) is -0.148. The van der Waals surface area contributed by atoms with Crippen molar-refractivity contribution in [3.63, 3.8) is 0 Å². The van der Waals surface area contributed by atoms with E-state index in [-0.39, 0.29) is 18.4 Å². The van der Waals surface area contributed by atoms with Crippen LogP contribution in [0.15, 0.2) is 48.5 Å². The molecule has 6 heteroatoms. The summed E-state index contributed by atoms with van der Waals surface area (Å²) >= 11 is 5.84. The molecule has 2 aromatic carbocycles. The van der Waals surface area contributed by atoms with Crippen LogP contribution in [0.5, 0.6) is 0 Å². The molecule has 2 unspecified atom stereocenters. The molecule has 0 heterocycles. The molecule has 0 spiro atoms. The van der Waals surface area contributed by atoms with E-state index in [4.69, 9.17) is 11.6 Å². The van der Waals surface area contributed by atoms with E-state index in [2.05, 4.69) is 10.6 Å². The largest absolute Gasteiger partial charge is 0.390 e. The SMILES string of the molecule is O=C(CNC(=O)c1cccc(Cl)c1)NC1c2ccccc2CC1O. The smallest absolute Gasteiger partial charge is 0.251 e. The molecule has 1 aliphatic rings. The third-order valence-corrected chi connectivity index (χ3v) is 4.25. The number of carbonyl (C=O) groups is 2. The van der Waals surface area contributed by atoms with E-state index in [1.54, 1.807) is 18.2 Å². The summed E-state index contributed by atoms with van der Waals surface area (Å²) in [6.45, 7) is -0.170. The number of aliphatic hydroxyl groups is 1. The number of hydrogen-bond donors (Lipinski definition) is 3. The molecule has 2 aromatic rings. The number of benzene rings is 2. The summed E-state index contributed by atoms with van der Waals surface area (Å²) in [5.41, 5.74) is 2.33. The predicted octanol–water partition coefficient (Wildman–Crippen LogP) is 1.84. The van der Waals surface area contributed by atoms with E-state index in [1.165, 1.54) is 6.07 Å². The number of nitrogens with one attached hydrogen (secondary N) is 2. The Bertz CT molecular complexity index is 778. The highest BCUT2D eigenvalue weighted by Gasteiger charge is 2.31. The summed E-state index contributed by atoms with van der Waals surface area (Å²) in [5.74, 6) is -0.730. The average molecular weight is 345 g/mol. The number of amides is 2. The summed E-state index contributed by atoms with van der Waals surface area (Å²) in [6, 6.07) is 13.6. The fourth-order valence-corrected chi connectivity index (χ4v) is 3.05. The van der Waals surface area contributed by atoms with Crippen molar-refractivity contribution >= 4 is 23.4 Å². The third-order valence-electron chi connectivity index (χ3n) is 4.02. The monoisotopic (exact) mass is 344 g/mol. The Kier molecular flexibility index (Phi) is 4.83. The first-order valence-electron chi connectivity index (χ1n) is 7.63. The molecule has 3 rings (SSSR count). The molecular weight excluding hydrogens is 328 g/mol. The Labute approximate surface area is 144 Å². The van der Waals surface area contributed by atoms with Crippen molar-refractivity contribution in [2.45, 2.75) is 18.6 Å². The number of carbonyl (C=O) groups excluding carboxylic acids is 2. The molecule has 0 saturated heterocycles. The van der Waals surface area contributed by atoms with E-state index < -0.39 is 12.1 Å². The van der Waals surface area contributed by atoms with Gasteiger partial charge in [0.1, 0.15) is 0 Å². The number of aliphatic hydroxyl groups excluding tert-OH is 1. The molecule has 0 fully saturated rings. The first-order valence-corrected chi connectivity index (χ1v) is 8.01. The quantitative estimate of drug-likeness (QED) is 0.792. The Morgan fingerprint density at radius 3 is 2.75 bits per heavy atom. The number of rotatable bonds is 4. The Hall–Kier alpha value is -2.37. The maximum Gasteiger partial charge on any atom is 0.251 e. The zero-order valence-corrected chi connectivity index (χ0v) is 13.6. The van der Waals surface area contributed by atoms with Crippen LogP contribution in [0.3, 0.4) is 0 Å². The van der Waals surface area contributed by atoms with Gasteiger partial charge in [0.25, 0.3) is 5.91 Å². The van der Waals surface area contributed by atoms with Gasteiger partial charge in [-0.15, -0.1) is 0 Å². The number of hydrogen-bond acceptors (Lipinski definition) is 3. The molecule has 0 saturated carbocycles. The van der Waals surface area contributed by atoms with Crippen LogP contribution >= 0.6 is 11.6 Å². The molecule has 0 aliphatic heterocycles. The van der Waals surface area contributed by atoms with Crippen LogP contribution in [0.1, 0.15) is 27.5 Å². The molecule has 0 radical (unpaired) electrons. The van der Waals surface area contributed by atoms with Gasteiger partial charge in [0.15, 0.2) is 0 Å². The molecule has 24 heavy (non-hydrogen) atoms. The molecule has 0 aromatic heterocycles. The zero-order chi connectivity index (χ0) is 17.1. The van der Waals surface area contributed by atoms with Crippen molar-refractivity contribution in [2.24, 2.45) is 0 Å². The second kappa shape index (κ2) is 7.03. The zero-order valence-electron chi connectivity index (χ0n) is 12.8. The van der Waals surface area contributed by atoms with Crippen LogP contribution in [-0.2, 0) is 11.2 Å². The molecular formula is C18H17ClN2O3. The van der Waals surface area contributed by atoms with Crippen LogP contribution in [0.25, 0.3) is 0 Å². The topological polar surface area (TPSA) is 78.4 Å². The first-order chi connectivity index (χ1) is 11.5. The van der Waals surface area contributed by atoms with Gasteiger partial charge in [0.2, 0.25) is 5.91 Å². The molecule has 3 N–H and O–H groups in total. The van der Waals surface area contributed by atoms with Crippen LogP contribution < -0.4 is 10.6 Å². The minimum atomic E-state index is -0.657. The van der Waals surface area contributed by atoms with Crippen LogP contribution in [0.2, 0.25) is 5.02 Å². The molecule has 124 valence electrons. The van der Waals surface area contributed by atoms with E-state index in [1.807, 2.05) is 24.3 Å². The highest BCUT2D eigenvalue weighted by atomic mass is 35.5. The maximum absolute atomic E-state index is 12.1. The Balaban J connectivity index is 1.57. The first kappa shape index (κ1) is 16.5. The Morgan fingerprint density at radius 2 is 1.96 bits per heavy atom. The van der Waals surface area contributed by atoms with Crippen LogP contribution in [-0.4, -0.2) is 29.6 Å². The summed E-state index contributed by atoms with van der Waals surface area (Å²) in [4.78, 5) is 24.1. The van der Waals surface area contributed by atoms with Crippen LogP contribution in [0, 0.1) is 0 Å². The van der Waals surface area contributed by atoms with Gasteiger partial charge >= 0.3 is 0 Å². The van der Waals surface area contributed by atoms with E-state index in [9.17, 15) is 14.7 Å². The lowest BCUT2D eigenvalue weighted by molar-refractivity contribution is -0.121. The minimum Gasteiger partial charge on any atom is -0.390 e. The fourth-order valence-electron chi connectivity index (χ4n) is 2.86. The minimum absolute atomic E-state index is 0.170. The van der Waals surface area contributed by atoms with Gasteiger partial charge in [-0.3, -0.25) is 9.59 Å². The summed E-state index contributed by atoms with van der Waals surface area (Å²) in [5, 5.41) is 15.9. The number of halogens is 1. The van der Waals surface area contributed by atoms with Crippen molar-refractivity contribution in [2.75, 3.05) is 6.54 Å². The van der Waals surface area contributed by atoms with E-state index in [0.717, 1.165) is 11.1 Å². The highest BCUT2D eigenvalue weighted by molar-refractivity contribution is 6.30. The van der Waals surface area contributed by atoms with Crippen molar-refractivity contribution < 1.29 is 14.7 Å². The maximum atomic E-state index is 12.1. The molecule has 5 nitrogen and oxygen atoms in total. The van der Waals surface area contributed by atoms with Gasteiger partial charge in [-0.2, -0.15) is 0 Å². The highest BCUT2D eigenvalue weighted by Crippen LogP contribution is 2.30. The van der Waals surface area contributed by atoms with Crippen molar-refractivity contribution in [3.8, 4) is 0 Å². The van der Waals surface area contributed by atoms with Gasteiger partial charge in [-0.25, -0.2) is 0 Å². The summed E-state index contributed by atoms with van der Waals surface area (Å²) in [7, 11) is 0. The summed E-state index contributed by atoms with van der Waals surface area (Å²) < 4.78 is 0. The lowest BCUT2D eigenvalue weighted by atomic mass is 10.1. The van der Waals surface area contributed by atoms with E-state index >= 15 is 0 Å². The van der Waals surface area contributed by atoms with Crippen molar-refractivity contribution in [1.82, 2.24) is 10.6 Å². The van der Waals surface area contributed by atoms with Gasteiger partial charge < -0.3 is 15.7 Å². The standard InChI is InChI=1S/C18H17ClN2O3/c19-13-6-3-5-12(8-13)18(24)20-10-16(23)21-17-14-7-2-1-4-11(14)9-15(17)22/h1-8,15,17,22H,9-10H2,(H,20,24)(H,21,23). The number of fused-ring (bicyclic) bond motifs is 1. The molecule has 1 aliphatic carbocycles. The predicted molar refractivity (Wildman–Crippen MR) is 90.8 cm³/mol. The molecule has 2 atom stereocenters. The van der Waals surface area contributed by atoms with Crippen molar-refractivity contribution in [3.05, 3.63) is 70.2 Å². The molecule has 2 amide bonds. The Morgan fingerprint density at radius 1 is 1.17 bits per heavy atom. The van der Waals surface area contributed by atoms with Gasteiger partial charge in [-0.05, 0) is 29.3 Å². The second-order valence-corrected chi connectivity index (χ2v) is 6.14. The van der Waals surface area contributed by atoms with Gasteiger partial charge in [0.05, 0.1) is 18.7 Å². The van der Waals surface area contributed by atoms with Gasteiger partial charge in [0, 0.05) is 17.0 Å². The van der Waals surface area contributed by atoms with E-state index in [0.29, 0.717) is 17.0 Å². The van der Waals surface area contributed by atoms with Crippen LogP contribution in [0.4, 0.5) is 0 Å². The second-order valence-electron chi connectivity index (χ2n) is 5.71.